The number of pyridine rings is 1. The third kappa shape index (κ3) is 3.46. The molecule has 0 N–H and O–H groups in total. The van der Waals surface area contributed by atoms with Gasteiger partial charge in [-0.2, -0.15) is 0 Å². The number of ether oxygens (including phenoxy) is 1. The minimum absolute atomic E-state index is 0.0650. The Balaban J connectivity index is 1.61. The van der Waals surface area contributed by atoms with E-state index in [1.807, 2.05) is 60.2 Å². The summed E-state index contributed by atoms with van der Waals surface area (Å²) in [7, 11) is 1.65. The molecule has 0 amide bonds. The minimum Gasteiger partial charge on any atom is -0.497 e. The van der Waals surface area contributed by atoms with Gasteiger partial charge in [0.25, 0.3) is 5.56 Å². The molecule has 0 atom stereocenters. The molecule has 0 aliphatic carbocycles. The van der Waals surface area contributed by atoms with Crippen LogP contribution in [0, 0.1) is 6.92 Å². The second-order valence-corrected chi connectivity index (χ2v) is 6.96. The molecule has 27 heavy (non-hydrogen) atoms. The maximum atomic E-state index is 12.4. The lowest BCUT2D eigenvalue weighted by Crippen LogP contribution is -2.17. The van der Waals surface area contributed by atoms with Gasteiger partial charge < -0.3 is 4.74 Å². The van der Waals surface area contributed by atoms with Crippen molar-refractivity contribution in [3.05, 3.63) is 82.7 Å². The fourth-order valence-electron chi connectivity index (χ4n) is 2.93. The highest BCUT2D eigenvalue weighted by molar-refractivity contribution is 7.98. The summed E-state index contributed by atoms with van der Waals surface area (Å²) in [5, 5.41) is 0.828. The van der Waals surface area contributed by atoms with Gasteiger partial charge in [-0.05, 0) is 31.2 Å². The van der Waals surface area contributed by atoms with E-state index in [0.29, 0.717) is 11.4 Å². The Morgan fingerprint density at radius 2 is 2.00 bits per heavy atom. The van der Waals surface area contributed by atoms with Crippen LogP contribution in [-0.2, 0) is 5.75 Å². The summed E-state index contributed by atoms with van der Waals surface area (Å²) < 4.78 is 8.91. The van der Waals surface area contributed by atoms with Crippen LogP contribution >= 0.6 is 11.8 Å². The van der Waals surface area contributed by atoms with Gasteiger partial charge in [0, 0.05) is 36.0 Å². The van der Waals surface area contributed by atoms with E-state index in [4.69, 9.17) is 4.74 Å². The largest absolute Gasteiger partial charge is 0.497 e. The van der Waals surface area contributed by atoms with E-state index >= 15 is 0 Å². The van der Waals surface area contributed by atoms with Crippen LogP contribution in [0.25, 0.3) is 11.3 Å². The van der Waals surface area contributed by atoms with E-state index in [-0.39, 0.29) is 5.56 Å². The molecule has 3 aromatic heterocycles. The molecule has 0 bridgehead atoms. The number of aryl methyl sites for hydroxylation is 1. The zero-order chi connectivity index (χ0) is 18.8. The summed E-state index contributed by atoms with van der Waals surface area (Å²) in [4.78, 5) is 21.5. The molecule has 0 radical (unpaired) electrons. The summed E-state index contributed by atoms with van der Waals surface area (Å²) in [6.45, 7) is 1.90. The third-order valence-electron chi connectivity index (χ3n) is 4.22. The van der Waals surface area contributed by atoms with E-state index in [9.17, 15) is 4.79 Å². The monoisotopic (exact) mass is 378 g/mol. The summed E-state index contributed by atoms with van der Waals surface area (Å²) >= 11 is 1.54. The molecule has 3 heterocycles. The zero-order valence-corrected chi connectivity index (χ0v) is 15.8. The lowest BCUT2D eigenvalue weighted by molar-refractivity contribution is 0.414. The van der Waals surface area contributed by atoms with Crippen LogP contribution in [0.1, 0.15) is 11.4 Å². The number of fused-ring (bicyclic) bond motifs is 1. The molecular weight excluding hydrogens is 360 g/mol. The number of rotatable bonds is 5. The highest BCUT2D eigenvalue weighted by Gasteiger charge is 2.09. The van der Waals surface area contributed by atoms with Crippen molar-refractivity contribution in [2.75, 3.05) is 7.11 Å². The highest BCUT2D eigenvalue weighted by atomic mass is 32.2. The predicted octanol–water partition coefficient (Wildman–Crippen LogP) is 3.49. The Bertz CT molecular complexity index is 1170. The van der Waals surface area contributed by atoms with Crippen molar-refractivity contribution in [3.8, 4) is 11.4 Å². The lowest BCUT2D eigenvalue weighted by Gasteiger charge is -2.09. The number of nitrogens with zero attached hydrogens (tertiary/aromatic N) is 4. The van der Waals surface area contributed by atoms with Crippen LogP contribution in [0.5, 0.6) is 5.75 Å². The topological polar surface area (TPSA) is 61.4 Å². The molecule has 4 aromatic rings. The molecule has 0 saturated carbocycles. The van der Waals surface area contributed by atoms with Gasteiger partial charge in [-0.3, -0.25) is 13.8 Å². The van der Waals surface area contributed by atoms with Crippen LogP contribution in [-0.4, -0.2) is 26.0 Å². The van der Waals surface area contributed by atoms with Crippen LogP contribution in [0.15, 0.2) is 70.9 Å². The van der Waals surface area contributed by atoms with Crippen LogP contribution < -0.4 is 10.3 Å². The number of benzene rings is 1. The first-order valence-corrected chi connectivity index (χ1v) is 9.43. The number of thioether (sulfide) groups is 1. The quantitative estimate of drug-likeness (QED) is 0.498. The van der Waals surface area contributed by atoms with Gasteiger partial charge in [-0.15, -0.1) is 0 Å². The van der Waals surface area contributed by atoms with Crippen molar-refractivity contribution in [2.45, 2.75) is 17.8 Å². The standard InChI is InChI=1S/C20H18N4O2S/c1-14-5-3-8-18-22-15(11-19(25)24(14)18)13-27-20-21-9-10-23(20)16-6-4-7-17(12-16)26-2/h3-12H,13H2,1-2H3. The molecule has 0 spiro atoms. The maximum absolute atomic E-state index is 12.4. The van der Waals surface area contributed by atoms with Crippen LogP contribution in [0.3, 0.4) is 0 Å². The molecule has 6 nitrogen and oxygen atoms in total. The molecule has 136 valence electrons. The first kappa shape index (κ1) is 17.4. The van der Waals surface area contributed by atoms with Gasteiger partial charge in [0.05, 0.1) is 18.5 Å². The molecule has 0 saturated heterocycles. The SMILES string of the molecule is COc1cccc(-n2ccnc2SCc2cc(=O)n3c(C)cccc3n2)c1. The minimum atomic E-state index is -0.0650. The van der Waals surface area contributed by atoms with Gasteiger partial charge in [0.1, 0.15) is 11.4 Å². The molecule has 0 aliphatic rings. The first-order chi connectivity index (χ1) is 13.2. The molecule has 4 rings (SSSR count). The molecule has 0 aliphatic heterocycles. The van der Waals surface area contributed by atoms with E-state index < -0.39 is 0 Å². The van der Waals surface area contributed by atoms with Crippen molar-refractivity contribution in [2.24, 2.45) is 0 Å². The lowest BCUT2D eigenvalue weighted by atomic mass is 10.3. The van der Waals surface area contributed by atoms with E-state index in [1.54, 1.807) is 23.8 Å². The Hall–Kier alpha value is -3.06. The molecule has 1 aromatic carbocycles. The second-order valence-electron chi connectivity index (χ2n) is 6.02. The highest BCUT2D eigenvalue weighted by Crippen LogP contribution is 2.25. The Morgan fingerprint density at radius 1 is 1.15 bits per heavy atom. The van der Waals surface area contributed by atoms with Gasteiger partial charge in [-0.1, -0.05) is 23.9 Å². The summed E-state index contributed by atoms with van der Waals surface area (Å²) in [5.74, 6) is 1.34. The van der Waals surface area contributed by atoms with Gasteiger partial charge >= 0.3 is 0 Å². The predicted molar refractivity (Wildman–Crippen MR) is 106 cm³/mol. The van der Waals surface area contributed by atoms with Crippen molar-refractivity contribution in [1.82, 2.24) is 18.9 Å². The zero-order valence-electron chi connectivity index (χ0n) is 15.0. The molecule has 7 heteroatoms. The number of aromatic nitrogens is 4. The van der Waals surface area contributed by atoms with Gasteiger partial charge in [0.15, 0.2) is 5.16 Å². The van der Waals surface area contributed by atoms with Gasteiger partial charge in [-0.25, -0.2) is 9.97 Å². The van der Waals surface area contributed by atoms with E-state index in [1.165, 1.54) is 11.8 Å². The normalized spacial score (nSPS) is 11.0. The fraction of sp³-hybridized carbons (Fsp3) is 0.150. The maximum Gasteiger partial charge on any atom is 0.258 e. The number of imidazole rings is 1. The van der Waals surface area contributed by atoms with Gasteiger partial charge in [0.2, 0.25) is 0 Å². The Kier molecular flexibility index (Phi) is 4.68. The van der Waals surface area contributed by atoms with Crippen molar-refractivity contribution < 1.29 is 4.74 Å². The summed E-state index contributed by atoms with van der Waals surface area (Å²) in [5.41, 5.74) is 3.17. The number of hydrogen-bond donors (Lipinski definition) is 0. The smallest absolute Gasteiger partial charge is 0.258 e. The fourth-order valence-corrected chi connectivity index (χ4v) is 3.80. The Labute approximate surface area is 160 Å². The average Bonchev–Trinajstić information content (AvgIpc) is 3.15. The molecular formula is C20H18N4O2S. The Morgan fingerprint density at radius 3 is 2.85 bits per heavy atom. The first-order valence-electron chi connectivity index (χ1n) is 8.44. The third-order valence-corrected chi connectivity index (χ3v) is 5.22. The van der Waals surface area contributed by atoms with Crippen molar-refractivity contribution in [1.29, 1.82) is 0 Å². The average molecular weight is 378 g/mol. The van der Waals surface area contributed by atoms with Crippen molar-refractivity contribution in [3.63, 3.8) is 0 Å². The van der Waals surface area contributed by atoms with E-state index in [0.717, 1.165) is 28.0 Å². The van der Waals surface area contributed by atoms with Crippen LogP contribution in [0.2, 0.25) is 0 Å². The summed E-state index contributed by atoms with van der Waals surface area (Å²) in [6.07, 6.45) is 3.66. The van der Waals surface area contributed by atoms with E-state index in [2.05, 4.69) is 9.97 Å². The molecule has 0 unspecified atom stereocenters. The summed E-state index contributed by atoms with van der Waals surface area (Å²) in [6, 6.07) is 15.0. The second kappa shape index (κ2) is 7.28. The van der Waals surface area contributed by atoms with Crippen LogP contribution in [0.4, 0.5) is 0 Å². The number of methoxy groups -OCH3 is 1. The molecule has 0 fully saturated rings. The van der Waals surface area contributed by atoms with Crippen molar-refractivity contribution >= 4 is 17.4 Å². The number of hydrogen-bond acceptors (Lipinski definition) is 5.